The Hall–Kier alpha value is -2.36. The van der Waals surface area contributed by atoms with Crippen molar-refractivity contribution in [1.29, 1.82) is 0 Å². The van der Waals surface area contributed by atoms with E-state index >= 15 is 0 Å². The molecule has 0 saturated carbocycles. The van der Waals surface area contributed by atoms with Gasteiger partial charge >= 0.3 is 5.97 Å². The summed E-state index contributed by atoms with van der Waals surface area (Å²) in [5, 5.41) is 8.88. The van der Waals surface area contributed by atoms with Crippen LogP contribution >= 0.6 is 0 Å². The highest BCUT2D eigenvalue weighted by atomic mass is 16.5. The van der Waals surface area contributed by atoms with Gasteiger partial charge in [-0.25, -0.2) is 0 Å². The molecular weight excluding hydrogens is 266 g/mol. The molecule has 1 aromatic heterocycles. The highest BCUT2D eigenvalue weighted by Crippen LogP contribution is 2.30. The third kappa shape index (κ3) is 4.05. The average Bonchev–Trinajstić information content (AvgIpc) is 2.47. The first-order valence-electron chi connectivity index (χ1n) is 7.02. The summed E-state index contributed by atoms with van der Waals surface area (Å²) in [6.07, 6.45) is 4.32. The molecule has 1 unspecified atom stereocenters. The molecule has 0 spiro atoms. The summed E-state index contributed by atoms with van der Waals surface area (Å²) in [6, 6.07) is 9.59. The summed E-state index contributed by atoms with van der Waals surface area (Å²) in [6.45, 7) is 4.10. The van der Waals surface area contributed by atoms with Crippen LogP contribution in [0.15, 0.2) is 42.7 Å². The lowest BCUT2D eigenvalue weighted by Gasteiger charge is -2.16. The number of hydrogen-bond acceptors (Lipinski definition) is 3. The fourth-order valence-corrected chi connectivity index (χ4v) is 2.01. The van der Waals surface area contributed by atoms with E-state index in [1.54, 1.807) is 12.4 Å². The fraction of sp³-hybridized carbons (Fsp3) is 0.294. The Kier molecular flexibility index (Phi) is 4.93. The standard InChI is InChI=1S/C17H19NO3/c1-3-12(2)21-16-7-5-4-6-15(16)14-8-13(9-17(19)20)10-18-11-14/h4-8,10-12H,3,9H2,1-2H3,(H,19,20). The van der Waals surface area contributed by atoms with Gasteiger partial charge in [0.05, 0.1) is 12.5 Å². The van der Waals surface area contributed by atoms with Gasteiger partial charge in [0.25, 0.3) is 0 Å². The van der Waals surface area contributed by atoms with Gasteiger partial charge in [-0.1, -0.05) is 25.1 Å². The maximum absolute atomic E-state index is 10.8. The SMILES string of the molecule is CCC(C)Oc1ccccc1-c1cncc(CC(=O)O)c1. The van der Waals surface area contributed by atoms with E-state index in [1.165, 1.54) is 0 Å². The third-order valence-electron chi connectivity index (χ3n) is 3.25. The van der Waals surface area contributed by atoms with Gasteiger partial charge in [0.1, 0.15) is 5.75 Å². The van der Waals surface area contributed by atoms with Crippen LogP contribution < -0.4 is 4.74 Å². The van der Waals surface area contributed by atoms with Crippen molar-refractivity contribution in [3.05, 3.63) is 48.3 Å². The highest BCUT2D eigenvalue weighted by Gasteiger charge is 2.10. The molecule has 1 N–H and O–H groups in total. The zero-order chi connectivity index (χ0) is 15.2. The molecule has 0 bridgehead atoms. The summed E-state index contributed by atoms with van der Waals surface area (Å²) in [5.74, 6) is -0.0702. The Morgan fingerprint density at radius 2 is 2.10 bits per heavy atom. The van der Waals surface area contributed by atoms with Crippen LogP contribution in [-0.4, -0.2) is 22.2 Å². The number of ether oxygens (including phenoxy) is 1. The number of aromatic nitrogens is 1. The van der Waals surface area contributed by atoms with Crippen molar-refractivity contribution in [2.45, 2.75) is 32.8 Å². The monoisotopic (exact) mass is 285 g/mol. The number of carbonyl (C=O) groups is 1. The van der Waals surface area contributed by atoms with Gasteiger partial charge in [-0.2, -0.15) is 0 Å². The summed E-state index contributed by atoms with van der Waals surface area (Å²) < 4.78 is 5.93. The normalized spacial score (nSPS) is 11.9. The average molecular weight is 285 g/mol. The second-order valence-electron chi connectivity index (χ2n) is 4.99. The van der Waals surface area contributed by atoms with E-state index in [0.717, 1.165) is 23.3 Å². The van der Waals surface area contributed by atoms with E-state index in [9.17, 15) is 4.79 Å². The fourth-order valence-electron chi connectivity index (χ4n) is 2.01. The first kappa shape index (κ1) is 15.0. The number of para-hydroxylation sites is 1. The van der Waals surface area contributed by atoms with Crippen LogP contribution in [0, 0.1) is 0 Å². The van der Waals surface area contributed by atoms with Crippen LogP contribution in [0.1, 0.15) is 25.8 Å². The molecule has 2 aromatic rings. The number of nitrogens with zero attached hydrogens (tertiary/aromatic N) is 1. The Morgan fingerprint density at radius 3 is 2.81 bits per heavy atom. The molecule has 0 amide bonds. The molecule has 0 saturated heterocycles. The van der Waals surface area contributed by atoms with Gasteiger partial charge in [0.2, 0.25) is 0 Å². The topological polar surface area (TPSA) is 59.4 Å². The van der Waals surface area contributed by atoms with Crippen LogP contribution in [-0.2, 0) is 11.2 Å². The summed E-state index contributed by atoms with van der Waals surface area (Å²) in [5.41, 5.74) is 2.48. The first-order valence-corrected chi connectivity index (χ1v) is 7.02. The van der Waals surface area contributed by atoms with Gasteiger partial charge in [-0.05, 0) is 31.0 Å². The Bertz CT molecular complexity index is 625. The summed E-state index contributed by atoms with van der Waals surface area (Å²) in [7, 11) is 0. The minimum atomic E-state index is -0.863. The highest BCUT2D eigenvalue weighted by molar-refractivity contribution is 5.73. The molecule has 4 heteroatoms. The molecule has 0 aliphatic rings. The van der Waals surface area contributed by atoms with Crippen molar-refractivity contribution in [3.63, 3.8) is 0 Å². The molecule has 21 heavy (non-hydrogen) atoms. The number of carboxylic acid groups (broad SMARTS) is 1. The first-order chi connectivity index (χ1) is 10.1. The van der Waals surface area contributed by atoms with Gasteiger partial charge in [-0.3, -0.25) is 9.78 Å². The van der Waals surface area contributed by atoms with Crippen molar-refractivity contribution in [3.8, 4) is 16.9 Å². The van der Waals surface area contributed by atoms with Crippen molar-refractivity contribution >= 4 is 5.97 Å². The van der Waals surface area contributed by atoms with Crippen molar-refractivity contribution in [1.82, 2.24) is 4.98 Å². The maximum atomic E-state index is 10.8. The lowest BCUT2D eigenvalue weighted by Crippen LogP contribution is -2.10. The predicted octanol–water partition coefficient (Wildman–Crippen LogP) is 3.55. The van der Waals surface area contributed by atoms with Gasteiger partial charge in [0.15, 0.2) is 0 Å². The molecule has 0 aliphatic heterocycles. The van der Waals surface area contributed by atoms with Crippen LogP contribution in [0.2, 0.25) is 0 Å². The quantitative estimate of drug-likeness (QED) is 0.881. The van der Waals surface area contributed by atoms with Crippen LogP contribution in [0.4, 0.5) is 0 Å². The number of hydrogen-bond donors (Lipinski definition) is 1. The molecule has 1 aromatic carbocycles. The van der Waals surface area contributed by atoms with Crippen molar-refractivity contribution in [2.24, 2.45) is 0 Å². The number of aliphatic carboxylic acids is 1. The van der Waals surface area contributed by atoms with Gasteiger partial charge in [-0.15, -0.1) is 0 Å². The van der Waals surface area contributed by atoms with Gasteiger partial charge < -0.3 is 9.84 Å². The van der Waals surface area contributed by atoms with E-state index in [-0.39, 0.29) is 12.5 Å². The molecule has 1 atom stereocenters. The van der Waals surface area contributed by atoms with Crippen LogP contribution in [0.25, 0.3) is 11.1 Å². The predicted molar refractivity (Wildman–Crippen MR) is 81.4 cm³/mol. The lowest BCUT2D eigenvalue weighted by atomic mass is 10.0. The zero-order valence-electron chi connectivity index (χ0n) is 12.2. The van der Waals surface area contributed by atoms with Gasteiger partial charge in [0, 0.05) is 23.5 Å². The Labute approximate surface area is 124 Å². The summed E-state index contributed by atoms with van der Waals surface area (Å²) >= 11 is 0. The molecule has 2 rings (SSSR count). The van der Waals surface area contributed by atoms with Crippen LogP contribution in [0.3, 0.4) is 0 Å². The van der Waals surface area contributed by atoms with Crippen LogP contribution in [0.5, 0.6) is 5.75 Å². The third-order valence-corrected chi connectivity index (χ3v) is 3.25. The minimum absolute atomic E-state index is 0.0325. The molecule has 4 nitrogen and oxygen atoms in total. The van der Waals surface area contributed by atoms with Crippen molar-refractivity contribution < 1.29 is 14.6 Å². The van der Waals surface area contributed by atoms with E-state index in [0.29, 0.717) is 5.56 Å². The molecule has 1 heterocycles. The number of carboxylic acids is 1. The largest absolute Gasteiger partial charge is 0.490 e. The minimum Gasteiger partial charge on any atom is -0.490 e. The number of rotatable bonds is 6. The Balaban J connectivity index is 2.35. The van der Waals surface area contributed by atoms with E-state index in [4.69, 9.17) is 9.84 Å². The van der Waals surface area contributed by atoms with E-state index in [1.807, 2.05) is 37.3 Å². The molecule has 110 valence electrons. The maximum Gasteiger partial charge on any atom is 0.307 e. The smallest absolute Gasteiger partial charge is 0.307 e. The number of pyridine rings is 1. The lowest BCUT2D eigenvalue weighted by molar-refractivity contribution is -0.136. The van der Waals surface area contributed by atoms with E-state index < -0.39 is 5.97 Å². The number of benzene rings is 1. The van der Waals surface area contributed by atoms with Crippen molar-refractivity contribution in [2.75, 3.05) is 0 Å². The summed E-state index contributed by atoms with van der Waals surface area (Å²) in [4.78, 5) is 15.0. The second-order valence-corrected chi connectivity index (χ2v) is 4.99. The Morgan fingerprint density at radius 1 is 1.33 bits per heavy atom. The second kappa shape index (κ2) is 6.88. The zero-order valence-corrected chi connectivity index (χ0v) is 12.2. The molecular formula is C17H19NO3. The molecule has 0 fully saturated rings. The van der Waals surface area contributed by atoms with E-state index in [2.05, 4.69) is 11.9 Å². The molecule has 0 radical (unpaired) electrons. The molecule has 0 aliphatic carbocycles.